The number of phenols is 1. The van der Waals surface area contributed by atoms with E-state index in [-0.39, 0.29) is 11.7 Å². The molecule has 0 bridgehead atoms. The molecule has 4 aromatic rings. The number of hydrogen-bond donors (Lipinski definition) is 3. The molecular formula is C17H11N3O2. The number of phenolic OH excluding ortho intramolecular Hbond substituents is 1. The first-order chi connectivity index (χ1) is 10.7. The number of aromatic nitrogens is 2. The van der Waals surface area contributed by atoms with Crippen LogP contribution in [0.2, 0.25) is 0 Å². The zero-order valence-electron chi connectivity index (χ0n) is 11.5. The van der Waals surface area contributed by atoms with E-state index in [4.69, 9.17) is 0 Å². The van der Waals surface area contributed by atoms with Gasteiger partial charge in [-0.15, -0.1) is 0 Å². The lowest BCUT2D eigenvalue weighted by Crippen LogP contribution is -2.12. The van der Waals surface area contributed by atoms with Crippen LogP contribution >= 0.6 is 0 Å². The van der Waals surface area contributed by atoms with Crippen LogP contribution in [-0.4, -0.2) is 21.0 Å². The number of aromatic hydroxyl groups is 1. The number of carbonyl (C=O) groups excluding carboxylic acids is 1. The van der Waals surface area contributed by atoms with Crippen LogP contribution in [0.5, 0.6) is 5.75 Å². The summed E-state index contributed by atoms with van der Waals surface area (Å²) in [5.41, 5.74) is 4.28. The molecule has 0 unspecified atom stereocenters. The number of amides is 1. The van der Waals surface area contributed by atoms with Crippen LogP contribution in [0, 0.1) is 0 Å². The minimum atomic E-state index is -0.0654. The highest BCUT2D eigenvalue weighted by atomic mass is 16.3. The predicted molar refractivity (Wildman–Crippen MR) is 83.9 cm³/mol. The van der Waals surface area contributed by atoms with Crippen LogP contribution < -0.4 is 5.32 Å². The Morgan fingerprint density at radius 1 is 1.18 bits per heavy atom. The summed E-state index contributed by atoms with van der Waals surface area (Å²) in [6.07, 6.45) is 1.73. The van der Waals surface area contributed by atoms with Crippen molar-refractivity contribution in [3.63, 3.8) is 0 Å². The minimum Gasteiger partial charge on any atom is -0.508 e. The summed E-state index contributed by atoms with van der Waals surface area (Å²) in [4.78, 5) is 20.1. The van der Waals surface area contributed by atoms with Gasteiger partial charge in [-0.3, -0.25) is 9.78 Å². The molecule has 0 saturated heterocycles. The lowest BCUT2D eigenvalue weighted by Gasteiger charge is -2.05. The Morgan fingerprint density at radius 3 is 3.00 bits per heavy atom. The molecule has 1 aliphatic heterocycles. The maximum Gasteiger partial charge on any atom is 0.252 e. The summed E-state index contributed by atoms with van der Waals surface area (Å²) in [5, 5.41) is 15.4. The largest absolute Gasteiger partial charge is 0.508 e. The molecule has 22 heavy (non-hydrogen) atoms. The van der Waals surface area contributed by atoms with Crippen LogP contribution in [0.1, 0.15) is 15.9 Å². The van der Waals surface area contributed by atoms with Gasteiger partial charge in [0.2, 0.25) is 0 Å². The lowest BCUT2D eigenvalue weighted by atomic mass is 9.98. The Hall–Kier alpha value is -3.08. The van der Waals surface area contributed by atoms with Crippen LogP contribution in [0.4, 0.5) is 0 Å². The number of nitrogens with one attached hydrogen (secondary N) is 2. The van der Waals surface area contributed by atoms with E-state index in [0.717, 1.165) is 38.3 Å². The van der Waals surface area contributed by atoms with Crippen molar-refractivity contribution in [1.82, 2.24) is 15.3 Å². The van der Waals surface area contributed by atoms with Gasteiger partial charge in [-0.2, -0.15) is 0 Å². The monoisotopic (exact) mass is 289 g/mol. The van der Waals surface area contributed by atoms with Gasteiger partial charge in [-0.25, -0.2) is 0 Å². The summed E-state index contributed by atoms with van der Waals surface area (Å²) in [7, 11) is 0. The van der Waals surface area contributed by atoms with Crippen LogP contribution in [0.15, 0.2) is 36.5 Å². The summed E-state index contributed by atoms with van der Waals surface area (Å²) in [5.74, 6) is 0.143. The van der Waals surface area contributed by atoms with Gasteiger partial charge in [0.1, 0.15) is 5.75 Å². The highest BCUT2D eigenvalue weighted by molar-refractivity contribution is 6.24. The van der Waals surface area contributed by atoms with Crippen molar-refractivity contribution in [2.75, 3.05) is 0 Å². The van der Waals surface area contributed by atoms with E-state index in [1.54, 1.807) is 18.3 Å². The van der Waals surface area contributed by atoms with Crippen molar-refractivity contribution in [3.8, 4) is 5.75 Å². The Balaban J connectivity index is 2.15. The number of nitrogens with zero attached hydrogens (tertiary/aromatic N) is 1. The maximum atomic E-state index is 12.2. The van der Waals surface area contributed by atoms with Crippen molar-refractivity contribution in [1.29, 1.82) is 0 Å². The van der Waals surface area contributed by atoms with Crippen LogP contribution in [0.3, 0.4) is 0 Å². The second kappa shape index (κ2) is 3.76. The standard InChI is InChI=1S/C17H11N3O2/c21-8-3-4-12-10(6-8)13-11-7-19-17(22)14(11)9-2-1-5-18-15(9)16(13)20-12/h1-6,20-21H,7H2,(H,19,22). The molecule has 106 valence electrons. The zero-order valence-corrected chi connectivity index (χ0v) is 11.5. The Labute approximate surface area is 124 Å². The molecule has 0 fully saturated rings. The summed E-state index contributed by atoms with van der Waals surface area (Å²) >= 11 is 0. The van der Waals surface area contributed by atoms with E-state index >= 15 is 0 Å². The summed E-state index contributed by atoms with van der Waals surface area (Å²) in [6.45, 7) is 0.498. The smallest absolute Gasteiger partial charge is 0.252 e. The second-order valence-electron chi connectivity index (χ2n) is 5.54. The fraction of sp³-hybridized carbons (Fsp3) is 0.0588. The third kappa shape index (κ3) is 1.28. The molecule has 0 spiro atoms. The Kier molecular flexibility index (Phi) is 1.98. The number of pyridine rings is 1. The quantitative estimate of drug-likeness (QED) is 0.466. The SMILES string of the molecule is O=C1NCc2c1c1cccnc1c1[nH]c3ccc(O)cc3c21. The predicted octanol–water partition coefficient (Wildman–Crippen LogP) is 2.82. The molecule has 0 atom stereocenters. The van der Waals surface area contributed by atoms with Crippen molar-refractivity contribution in [2.45, 2.75) is 6.54 Å². The fourth-order valence-corrected chi connectivity index (χ4v) is 3.46. The highest BCUT2D eigenvalue weighted by Gasteiger charge is 2.27. The van der Waals surface area contributed by atoms with Crippen molar-refractivity contribution >= 4 is 38.6 Å². The van der Waals surface area contributed by atoms with Gasteiger partial charge >= 0.3 is 0 Å². The van der Waals surface area contributed by atoms with E-state index in [1.807, 2.05) is 18.2 Å². The normalized spacial score (nSPS) is 13.9. The molecule has 3 N–H and O–H groups in total. The Bertz CT molecular complexity index is 1110. The highest BCUT2D eigenvalue weighted by Crippen LogP contribution is 2.39. The number of benzene rings is 2. The maximum absolute atomic E-state index is 12.2. The Morgan fingerprint density at radius 2 is 2.09 bits per heavy atom. The van der Waals surface area contributed by atoms with E-state index in [1.165, 1.54) is 0 Å². The van der Waals surface area contributed by atoms with Gasteiger partial charge < -0.3 is 15.4 Å². The number of carbonyl (C=O) groups is 1. The third-order valence-corrected chi connectivity index (χ3v) is 4.35. The average Bonchev–Trinajstić information content (AvgIpc) is 3.08. The number of H-pyrrole nitrogens is 1. The average molecular weight is 289 g/mol. The van der Waals surface area contributed by atoms with Crippen molar-refractivity contribution < 1.29 is 9.90 Å². The molecule has 3 heterocycles. The van der Waals surface area contributed by atoms with E-state index in [9.17, 15) is 9.90 Å². The van der Waals surface area contributed by atoms with Crippen LogP contribution in [0.25, 0.3) is 32.7 Å². The number of aromatic amines is 1. The molecular weight excluding hydrogens is 278 g/mol. The third-order valence-electron chi connectivity index (χ3n) is 4.35. The molecule has 5 heteroatoms. The lowest BCUT2D eigenvalue weighted by molar-refractivity contribution is 0.0967. The van der Waals surface area contributed by atoms with E-state index < -0.39 is 0 Å². The molecule has 5 rings (SSSR count). The molecule has 1 amide bonds. The van der Waals surface area contributed by atoms with Gasteiger partial charge in [0.15, 0.2) is 0 Å². The second-order valence-corrected chi connectivity index (χ2v) is 5.54. The van der Waals surface area contributed by atoms with Gasteiger partial charge in [0, 0.05) is 34.4 Å². The molecule has 1 aliphatic rings. The molecule has 5 nitrogen and oxygen atoms in total. The first-order valence-corrected chi connectivity index (χ1v) is 7.06. The van der Waals surface area contributed by atoms with Gasteiger partial charge in [-0.05, 0) is 29.8 Å². The van der Waals surface area contributed by atoms with Crippen molar-refractivity contribution in [2.24, 2.45) is 0 Å². The van der Waals surface area contributed by atoms with E-state index in [2.05, 4.69) is 15.3 Å². The first-order valence-electron chi connectivity index (χ1n) is 7.06. The molecule has 0 aliphatic carbocycles. The number of fused-ring (bicyclic) bond motifs is 8. The topological polar surface area (TPSA) is 78.0 Å². The van der Waals surface area contributed by atoms with Gasteiger partial charge in [-0.1, -0.05) is 6.07 Å². The number of rotatable bonds is 0. The minimum absolute atomic E-state index is 0.0654. The summed E-state index contributed by atoms with van der Waals surface area (Å²) in [6, 6.07) is 8.99. The zero-order chi connectivity index (χ0) is 14.8. The molecule has 2 aromatic carbocycles. The summed E-state index contributed by atoms with van der Waals surface area (Å²) < 4.78 is 0. The van der Waals surface area contributed by atoms with Gasteiger partial charge in [0.05, 0.1) is 16.6 Å². The first kappa shape index (κ1) is 11.6. The van der Waals surface area contributed by atoms with Crippen molar-refractivity contribution in [3.05, 3.63) is 47.7 Å². The number of hydrogen-bond acceptors (Lipinski definition) is 3. The fourth-order valence-electron chi connectivity index (χ4n) is 3.46. The molecule has 2 aromatic heterocycles. The molecule has 0 saturated carbocycles. The molecule has 0 radical (unpaired) electrons. The van der Waals surface area contributed by atoms with Gasteiger partial charge in [0.25, 0.3) is 5.91 Å². The van der Waals surface area contributed by atoms with Crippen LogP contribution in [-0.2, 0) is 6.54 Å². The van der Waals surface area contributed by atoms with E-state index in [0.29, 0.717) is 12.1 Å².